The Morgan fingerprint density at radius 3 is 2.85 bits per heavy atom. The number of hydrogen-bond acceptors (Lipinski definition) is 1. The van der Waals surface area contributed by atoms with Gasteiger partial charge in [0.25, 0.3) is 5.91 Å². The van der Waals surface area contributed by atoms with Crippen LogP contribution in [-0.2, 0) is 0 Å². The summed E-state index contributed by atoms with van der Waals surface area (Å²) in [6.45, 7) is 0.795. The van der Waals surface area contributed by atoms with Gasteiger partial charge in [0, 0.05) is 13.6 Å². The number of amides is 1. The van der Waals surface area contributed by atoms with Crippen LogP contribution >= 0.6 is 15.9 Å². The lowest BCUT2D eigenvalue weighted by Gasteiger charge is -2.27. The van der Waals surface area contributed by atoms with Crippen LogP contribution in [0.15, 0.2) is 22.7 Å². The maximum Gasteiger partial charge on any atom is 0.254 e. The van der Waals surface area contributed by atoms with Crippen LogP contribution in [0.1, 0.15) is 36.0 Å². The quantitative estimate of drug-likeness (QED) is 0.811. The van der Waals surface area contributed by atoms with Crippen LogP contribution in [-0.4, -0.2) is 24.4 Å². The third kappa shape index (κ3) is 2.50. The van der Waals surface area contributed by atoms with Crippen LogP contribution in [0, 0.1) is 23.6 Å². The molecule has 2 nitrogen and oxygen atoms in total. The van der Waals surface area contributed by atoms with Crippen LogP contribution in [0.5, 0.6) is 0 Å². The van der Waals surface area contributed by atoms with Crippen LogP contribution in [0.3, 0.4) is 0 Å². The van der Waals surface area contributed by atoms with Gasteiger partial charge in [-0.15, -0.1) is 0 Å². The maximum atomic E-state index is 13.5. The van der Waals surface area contributed by atoms with Crippen molar-refractivity contribution in [2.24, 2.45) is 17.8 Å². The van der Waals surface area contributed by atoms with E-state index in [0.717, 1.165) is 18.4 Å². The number of rotatable bonds is 3. The van der Waals surface area contributed by atoms with Gasteiger partial charge in [-0.1, -0.05) is 12.5 Å². The van der Waals surface area contributed by atoms with E-state index in [9.17, 15) is 9.18 Å². The van der Waals surface area contributed by atoms with Gasteiger partial charge in [0.2, 0.25) is 0 Å². The summed E-state index contributed by atoms with van der Waals surface area (Å²) in [7, 11) is 1.83. The molecule has 2 aliphatic rings. The third-order valence-corrected chi connectivity index (χ3v) is 5.73. The zero-order chi connectivity index (χ0) is 14.3. The van der Waals surface area contributed by atoms with Crippen molar-refractivity contribution in [3.63, 3.8) is 0 Å². The predicted molar refractivity (Wildman–Crippen MR) is 80.0 cm³/mol. The van der Waals surface area contributed by atoms with Crippen LogP contribution in [0.25, 0.3) is 0 Å². The molecule has 0 N–H and O–H groups in total. The molecule has 0 heterocycles. The SMILES string of the molecule is CN(CC1CC2CCC1C2)C(=O)c1cccc(F)c1Br. The molecule has 0 aliphatic heterocycles. The van der Waals surface area contributed by atoms with E-state index in [1.807, 2.05) is 7.05 Å². The second-order valence-electron chi connectivity index (χ2n) is 6.22. The highest BCUT2D eigenvalue weighted by molar-refractivity contribution is 9.10. The Morgan fingerprint density at radius 2 is 2.20 bits per heavy atom. The van der Waals surface area contributed by atoms with Crippen molar-refractivity contribution in [1.82, 2.24) is 4.90 Å². The summed E-state index contributed by atoms with van der Waals surface area (Å²) >= 11 is 3.17. The fourth-order valence-electron chi connectivity index (χ4n) is 3.91. The smallest absolute Gasteiger partial charge is 0.254 e. The molecule has 3 rings (SSSR count). The largest absolute Gasteiger partial charge is 0.341 e. The molecule has 0 aromatic heterocycles. The highest BCUT2D eigenvalue weighted by Crippen LogP contribution is 2.48. The molecule has 0 spiro atoms. The first-order valence-corrected chi connectivity index (χ1v) is 8.05. The van der Waals surface area contributed by atoms with Gasteiger partial charge in [-0.25, -0.2) is 4.39 Å². The van der Waals surface area contributed by atoms with E-state index in [-0.39, 0.29) is 16.2 Å². The van der Waals surface area contributed by atoms with Gasteiger partial charge in [-0.3, -0.25) is 4.79 Å². The fraction of sp³-hybridized carbons (Fsp3) is 0.562. The fourth-order valence-corrected chi connectivity index (χ4v) is 4.34. The van der Waals surface area contributed by atoms with Crippen molar-refractivity contribution in [2.45, 2.75) is 25.7 Å². The molecule has 0 saturated heterocycles. The van der Waals surface area contributed by atoms with E-state index in [0.29, 0.717) is 11.5 Å². The van der Waals surface area contributed by atoms with Crippen LogP contribution in [0.2, 0.25) is 0 Å². The van der Waals surface area contributed by atoms with E-state index in [1.165, 1.54) is 31.7 Å². The average molecular weight is 340 g/mol. The van der Waals surface area contributed by atoms with Gasteiger partial charge >= 0.3 is 0 Å². The molecule has 4 heteroatoms. The van der Waals surface area contributed by atoms with Crippen LogP contribution in [0.4, 0.5) is 4.39 Å². The summed E-state index contributed by atoms with van der Waals surface area (Å²) in [4.78, 5) is 14.2. The molecule has 0 radical (unpaired) electrons. The second-order valence-corrected chi connectivity index (χ2v) is 7.01. The Bertz CT molecular complexity index is 533. The third-order valence-electron chi connectivity index (χ3n) is 4.92. The number of carbonyl (C=O) groups is 1. The number of nitrogens with zero attached hydrogens (tertiary/aromatic N) is 1. The van der Waals surface area contributed by atoms with E-state index in [2.05, 4.69) is 15.9 Å². The summed E-state index contributed by atoms with van der Waals surface area (Å²) in [5.41, 5.74) is 0.413. The van der Waals surface area contributed by atoms with Crippen molar-refractivity contribution < 1.29 is 9.18 Å². The number of halogens is 2. The molecule has 108 valence electrons. The minimum atomic E-state index is -0.385. The van der Waals surface area contributed by atoms with Crippen molar-refractivity contribution in [1.29, 1.82) is 0 Å². The van der Waals surface area contributed by atoms with Gasteiger partial charge in [0.05, 0.1) is 10.0 Å². The first-order chi connectivity index (χ1) is 9.56. The summed E-state index contributed by atoms with van der Waals surface area (Å²) < 4.78 is 13.8. The Morgan fingerprint density at radius 1 is 1.40 bits per heavy atom. The highest BCUT2D eigenvalue weighted by atomic mass is 79.9. The molecular weight excluding hydrogens is 321 g/mol. The van der Waals surface area contributed by atoms with Crippen molar-refractivity contribution >= 4 is 21.8 Å². The monoisotopic (exact) mass is 339 g/mol. The normalized spacial score (nSPS) is 27.9. The minimum absolute atomic E-state index is 0.0980. The molecule has 1 aromatic rings. The molecule has 3 atom stereocenters. The molecule has 2 saturated carbocycles. The Hall–Kier alpha value is -0.900. The number of fused-ring (bicyclic) bond motifs is 2. The van der Waals surface area contributed by atoms with Crippen LogP contribution < -0.4 is 0 Å². The van der Waals surface area contributed by atoms with E-state index in [4.69, 9.17) is 0 Å². The maximum absolute atomic E-state index is 13.5. The zero-order valence-electron chi connectivity index (χ0n) is 11.6. The lowest BCUT2D eigenvalue weighted by atomic mass is 9.88. The lowest BCUT2D eigenvalue weighted by Crippen LogP contribution is -2.34. The van der Waals surface area contributed by atoms with Gasteiger partial charge in [0.15, 0.2) is 0 Å². The molecular formula is C16H19BrFNO. The number of benzene rings is 1. The average Bonchev–Trinajstić information content (AvgIpc) is 3.03. The van der Waals surface area contributed by atoms with E-state index < -0.39 is 0 Å². The Labute approximate surface area is 127 Å². The minimum Gasteiger partial charge on any atom is -0.341 e. The Balaban J connectivity index is 1.69. The van der Waals surface area contributed by atoms with Crippen molar-refractivity contribution in [2.75, 3.05) is 13.6 Å². The zero-order valence-corrected chi connectivity index (χ0v) is 13.2. The molecule has 20 heavy (non-hydrogen) atoms. The van der Waals surface area contributed by atoms with Crippen molar-refractivity contribution in [3.05, 3.63) is 34.1 Å². The number of hydrogen-bond donors (Lipinski definition) is 0. The molecule has 3 unspecified atom stereocenters. The first-order valence-electron chi connectivity index (χ1n) is 7.25. The topological polar surface area (TPSA) is 20.3 Å². The van der Waals surface area contributed by atoms with Gasteiger partial charge in [0.1, 0.15) is 5.82 Å². The highest BCUT2D eigenvalue weighted by Gasteiger charge is 2.40. The van der Waals surface area contributed by atoms with E-state index >= 15 is 0 Å². The summed E-state index contributed by atoms with van der Waals surface area (Å²) in [6, 6.07) is 4.61. The molecule has 2 bridgehead atoms. The second kappa shape index (κ2) is 5.47. The van der Waals surface area contributed by atoms with Gasteiger partial charge < -0.3 is 4.90 Å². The molecule has 1 amide bonds. The summed E-state index contributed by atoms with van der Waals surface area (Å²) in [5, 5.41) is 0. The molecule has 2 fully saturated rings. The van der Waals surface area contributed by atoms with E-state index in [1.54, 1.807) is 17.0 Å². The first kappa shape index (κ1) is 14.1. The standard InChI is InChI=1S/C16H19BrFNO/c1-19(9-12-8-10-5-6-11(12)7-10)16(20)13-3-2-4-14(18)15(13)17/h2-4,10-12H,5-9H2,1H3. The number of carbonyl (C=O) groups excluding carboxylic acids is 1. The van der Waals surface area contributed by atoms with Gasteiger partial charge in [-0.2, -0.15) is 0 Å². The van der Waals surface area contributed by atoms with Crippen molar-refractivity contribution in [3.8, 4) is 0 Å². The summed E-state index contributed by atoms with van der Waals surface area (Å²) in [5.74, 6) is 1.83. The summed E-state index contributed by atoms with van der Waals surface area (Å²) in [6.07, 6.45) is 5.29. The van der Waals surface area contributed by atoms with Gasteiger partial charge in [-0.05, 0) is 65.1 Å². The lowest BCUT2D eigenvalue weighted by molar-refractivity contribution is 0.0753. The molecule has 2 aliphatic carbocycles. The molecule has 1 aromatic carbocycles. The predicted octanol–water partition coefficient (Wildman–Crippen LogP) is 4.10. The Kier molecular flexibility index (Phi) is 3.85.